The number of ether oxygens (including phenoxy) is 1. The van der Waals surface area contributed by atoms with Gasteiger partial charge in [0.15, 0.2) is 6.10 Å². The highest BCUT2D eigenvalue weighted by atomic mass is 32.1. The molecule has 21 heavy (non-hydrogen) atoms. The van der Waals surface area contributed by atoms with Crippen molar-refractivity contribution in [2.45, 2.75) is 32.3 Å². The molecule has 0 radical (unpaired) electrons. The van der Waals surface area contributed by atoms with Crippen molar-refractivity contribution in [3.63, 3.8) is 0 Å². The van der Waals surface area contributed by atoms with Crippen LogP contribution in [0.4, 0.5) is 0 Å². The molecule has 1 atom stereocenters. The minimum Gasteiger partial charge on any atom is -0.450 e. The summed E-state index contributed by atoms with van der Waals surface area (Å²) in [5.74, 6) is -0.570. The molecule has 1 aromatic carbocycles. The van der Waals surface area contributed by atoms with E-state index in [4.69, 9.17) is 4.74 Å². The molecule has 108 valence electrons. The fraction of sp³-hybridized carbons (Fsp3) is 0.294. The normalized spacial score (nSPS) is 14.5. The zero-order chi connectivity index (χ0) is 14.8. The van der Waals surface area contributed by atoms with Crippen LogP contribution in [0.5, 0.6) is 0 Å². The fourth-order valence-electron chi connectivity index (χ4n) is 2.54. The third-order valence-electron chi connectivity index (χ3n) is 3.66. The molecule has 2 aromatic rings. The second-order valence-electron chi connectivity index (χ2n) is 5.19. The zero-order valence-corrected chi connectivity index (χ0v) is 12.6. The van der Waals surface area contributed by atoms with Crippen LogP contribution in [0.25, 0.3) is 0 Å². The van der Waals surface area contributed by atoms with E-state index in [0.29, 0.717) is 10.4 Å². The second-order valence-corrected chi connectivity index (χ2v) is 6.33. The largest absolute Gasteiger partial charge is 0.450 e. The van der Waals surface area contributed by atoms with E-state index in [2.05, 4.69) is 0 Å². The summed E-state index contributed by atoms with van der Waals surface area (Å²) in [7, 11) is 0. The van der Waals surface area contributed by atoms with Crippen LogP contribution in [0.2, 0.25) is 0 Å². The van der Waals surface area contributed by atoms with Crippen molar-refractivity contribution < 1.29 is 14.3 Å². The molecular formula is C17H16O3S. The highest BCUT2D eigenvalue weighted by Crippen LogP contribution is 2.31. The molecule has 4 heteroatoms. The maximum absolute atomic E-state index is 12.2. The first-order valence-corrected chi connectivity index (χ1v) is 7.88. The highest BCUT2D eigenvalue weighted by molar-refractivity contribution is 7.14. The molecule has 0 amide bonds. The lowest BCUT2D eigenvalue weighted by molar-refractivity contribution is 0.0323. The number of Topliss-reactive ketones (excluding diaryl/α,β-unsaturated/α-hetero) is 1. The van der Waals surface area contributed by atoms with Gasteiger partial charge in [0.1, 0.15) is 4.88 Å². The molecule has 1 aliphatic rings. The number of fused-ring (bicyclic) bond motifs is 1. The topological polar surface area (TPSA) is 43.4 Å². The first-order valence-electron chi connectivity index (χ1n) is 7.07. The first kappa shape index (κ1) is 14.0. The van der Waals surface area contributed by atoms with Crippen LogP contribution in [-0.2, 0) is 17.6 Å². The van der Waals surface area contributed by atoms with Gasteiger partial charge < -0.3 is 4.74 Å². The molecule has 3 rings (SSSR count). The smallest absolute Gasteiger partial charge is 0.349 e. The van der Waals surface area contributed by atoms with Crippen LogP contribution >= 0.6 is 11.3 Å². The lowest BCUT2D eigenvalue weighted by atomic mass is 10.1. The molecule has 1 aliphatic carbocycles. The maximum atomic E-state index is 12.2. The van der Waals surface area contributed by atoms with Gasteiger partial charge in [-0.25, -0.2) is 4.79 Å². The van der Waals surface area contributed by atoms with Crippen LogP contribution in [0.15, 0.2) is 36.4 Å². The molecule has 0 spiro atoms. The minimum absolute atomic E-state index is 0.173. The van der Waals surface area contributed by atoms with Crippen molar-refractivity contribution in [3.8, 4) is 0 Å². The van der Waals surface area contributed by atoms with E-state index >= 15 is 0 Å². The van der Waals surface area contributed by atoms with Crippen LogP contribution in [0.3, 0.4) is 0 Å². The number of rotatable bonds is 4. The number of carbonyl (C=O) groups is 2. The predicted molar refractivity (Wildman–Crippen MR) is 82.0 cm³/mol. The molecule has 1 heterocycles. The fourth-order valence-corrected chi connectivity index (χ4v) is 3.68. The van der Waals surface area contributed by atoms with Crippen LogP contribution in [0.1, 0.15) is 43.8 Å². The molecule has 1 aromatic heterocycles. The van der Waals surface area contributed by atoms with Crippen molar-refractivity contribution in [1.29, 1.82) is 0 Å². The third kappa shape index (κ3) is 2.90. The molecule has 3 nitrogen and oxygen atoms in total. The van der Waals surface area contributed by atoms with Gasteiger partial charge in [0.05, 0.1) is 0 Å². The van der Waals surface area contributed by atoms with Crippen LogP contribution < -0.4 is 0 Å². The molecule has 1 unspecified atom stereocenters. The highest BCUT2D eigenvalue weighted by Gasteiger charge is 2.23. The lowest BCUT2D eigenvalue weighted by Gasteiger charge is -2.11. The number of hydrogen-bond acceptors (Lipinski definition) is 4. The number of benzene rings is 1. The molecule has 0 N–H and O–H groups in total. The van der Waals surface area contributed by atoms with Crippen molar-refractivity contribution >= 4 is 23.1 Å². The maximum Gasteiger partial charge on any atom is 0.349 e. The summed E-state index contributed by atoms with van der Waals surface area (Å²) in [6, 6.07) is 10.8. The molecule has 0 saturated heterocycles. The number of esters is 1. The van der Waals surface area contributed by atoms with Crippen molar-refractivity contribution in [2.75, 3.05) is 0 Å². The Balaban J connectivity index is 1.68. The lowest BCUT2D eigenvalue weighted by Crippen LogP contribution is -2.24. The molecule has 0 bridgehead atoms. The van der Waals surface area contributed by atoms with E-state index in [1.807, 2.05) is 12.1 Å². The molecular weight excluding hydrogens is 284 g/mol. The van der Waals surface area contributed by atoms with E-state index in [1.165, 1.54) is 28.2 Å². The van der Waals surface area contributed by atoms with Gasteiger partial charge in [0.25, 0.3) is 0 Å². The summed E-state index contributed by atoms with van der Waals surface area (Å²) in [6.45, 7) is 1.62. The SMILES string of the molecule is CC(OC(=O)c1cc2c(s1)CCC2)C(=O)c1ccccc1. The number of aryl methyl sites for hydroxylation is 2. The second kappa shape index (κ2) is 5.82. The summed E-state index contributed by atoms with van der Waals surface area (Å²) >= 11 is 1.49. The third-order valence-corrected chi connectivity index (χ3v) is 4.88. The van der Waals surface area contributed by atoms with Gasteiger partial charge in [-0.1, -0.05) is 30.3 Å². The van der Waals surface area contributed by atoms with Gasteiger partial charge in [-0.05, 0) is 37.8 Å². The Morgan fingerprint density at radius 1 is 1.19 bits per heavy atom. The molecule has 0 aliphatic heterocycles. The molecule has 0 saturated carbocycles. The summed E-state index contributed by atoms with van der Waals surface area (Å²) in [5, 5.41) is 0. The van der Waals surface area contributed by atoms with Gasteiger partial charge >= 0.3 is 5.97 Å². The Labute approximate surface area is 127 Å². The van der Waals surface area contributed by atoms with Gasteiger partial charge in [-0.15, -0.1) is 11.3 Å². The summed E-state index contributed by atoms with van der Waals surface area (Å²) in [5.41, 5.74) is 1.82. The quantitative estimate of drug-likeness (QED) is 0.639. The number of hydrogen-bond donors (Lipinski definition) is 0. The number of ketones is 1. The Kier molecular flexibility index (Phi) is 3.88. The van der Waals surface area contributed by atoms with Crippen molar-refractivity contribution in [1.82, 2.24) is 0 Å². The van der Waals surface area contributed by atoms with Gasteiger partial charge in [-0.2, -0.15) is 0 Å². The summed E-state index contributed by atoms with van der Waals surface area (Å²) in [4.78, 5) is 26.2. The summed E-state index contributed by atoms with van der Waals surface area (Å²) < 4.78 is 5.31. The Bertz CT molecular complexity index is 651. The van der Waals surface area contributed by atoms with Gasteiger partial charge in [0, 0.05) is 10.4 Å². The first-order chi connectivity index (χ1) is 10.1. The van der Waals surface area contributed by atoms with Crippen LogP contribution in [-0.4, -0.2) is 17.9 Å². The average Bonchev–Trinajstić information content (AvgIpc) is 3.08. The molecule has 0 fully saturated rings. The van der Waals surface area contributed by atoms with Crippen LogP contribution in [0, 0.1) is 0 Å². The number of thiophene rings is 1. The Morgan fingerprint density at radius 3 is 2.67 bits per heavy atom. The van der Waals surface area contributed by atoms with E-state index in [-0.39, 0.29) is 5.78 Å². The zero-order valence-electron chi connectivity index (χ0n) is 11.8. The van der Waals surface area contributed by atoms with E-state index in [0.717, 1.165) is 12.8 Å². The van der Waals surface area contributed by atoms with Gasteiger partial charge in [0.2, 0.25) is 5.78 Å². The predicted octanol–water partition coefficient (Wildman–Crippen LogP) is 3.67. The Morgan fingerprint density at radius 2 is 1.95 bits per heavy atom. The van der Waals surface area contributed by atoms with Crippen molar-refractivity contribution in [2.24, 2.45) is 0 Å². The average molecular weight is 300 g/mol. The van der Waals surface area contributed by atoms with E-state index in [1.54, 1.807) is 31.2 Å². The van der Waals surface area contributed by atoms with Gasteiger partial charge in [-0.3, -0.25) is 4.79 Å². The summed E-state index contributed by atoms with van der Waals surface area (Å²) in [6.07, 6.45) is 2.49. The van der Waals surface area contributed by atoms with Crippen molar-refractivity contribution in [3.05, 3.63) is 57.3 Å². The van der Waals surface area contributed by atoms with E-state index < -0.39 is 12.1 Å². The monoisotopic (exact) mass is 300 g/mol. The van der Waals surface area contributed by atoms with E-state index in [9.17, 15) is 9.59 Å². The number of carbonyl (C=O) groups excluding carboxylic acids is 2. The standard InChI is InChI=1S/C17H16O3S/c1-11(16(18)12-6-3-2-4-7-12)20-17(19)15-10-13-8-5-9-14(13)21-15/h2-4,6-7,10-11H,5,8-9H2,1H3. The minimum atomic E-state index is -0.767. The Hall–Kier alpha value is -1.94.